The van der Waals surface area contributed by atoms with Crippen LogP contribution in [0.2, 0.25) is 0 Å². The van der Waals surface area contributed by atoms with E-state index in [0.29, 0.717) is 22.5 Å². The highest BCUT2D eigenvalue weighted by Crippen LogP contribution is 2.24. The van der Waals surface area contributed by atoms with Crippen LogP contribution in [0.3, 0.4) is 0 Å². The maximum Gasteiger partial charge on any atom is 0.240 e. The summed E-state index contributed by atoms with van der Waals surface area (Å²) in [6.45, 7) is 1.31. The van der Waals surface area contributed by atoms with Crippen molar-refractivity contribution in [2.45, 2.75) is 16.7 Å². The molecule has 0 aliphatic rings. The van der Waals surface area contributed by atoms with Gasteiger partial charge in [0.2, 0.25) is 15.9 Å². The maximum absolute atomic E-state index is 12.3. The quantitative estimate of drug-likeness (QED) is 0.322. The van der Waals surface area contributed by atoms with Crippen LogP contribution in [0.5, 0.6) is 0 Å². The molecule has 0 heterocycles. The average Bonchev–Trinajstić information content (AvgIpc) is 2.60. The number of carbonyl (C=O) groups is 1. The molecule has 0 atom stereocenters. The summed E-state index contributed by atoms with van der Waals surface area (Å²) in [5, 5.41) is 2.52. The van der Waals surface area contributed by atoms with Gasteiger partial charge in [0.15, 0.2) is 10.7 Å². The molecule has 2 aromatic carbocycles. The van der Waals surface area contributed by atoms with Gasteiger partial charge in [-0.3, -0.25) is 4.79 Å². The molecule has 2 rings (SSSR count). The normalized spacial score (nSPS) is 11.8. The lowest BCUT2D eigenvalue weighted by Gasteiger charge is -2.10. The van der Waals surface area contributed by atoms with Crippen molar-refractivity contribution in [2.75, 3.05) is 18.1 Å². The SMILES string of the molecule is CNS(=O)(=O)c1cc(NC(C)=O)ccc1/C=C/c1ccc(N)cc1[SH](=O)=O. The smallest absolute Gasteiger partial charge is 0.240 e. The highest BCUT2D eigenvalue weighted by atomic mass is 32.2. The van der Waals surface area contributed by atoms with Crippen LogP contribution < -0.4 is 15.8 Å². The Morgan fingerprint density at radius 3 is 2.30 bits per heavy atom. The van der Waals surface area contributed by atoms with Crippen molar-refractivity contribution in [3.63, 3.8) is 0 Å². The van der Waals surface area contributed by atoms with Crippen molar-refractivity contribution in [1.82, 2.24) is 4.72 Å². The Balaban J connectivity index is 2.56. The van der Waals surface area contributed by atoms with E-state index in [0.717, 1.165) is 0 Å². The van der Waals surface area contributed by atoms with E-state index in [1.807, 2.05) is 0 Å². The summed E-state index contributed by atoms with van der Waals surface area (Å²) in [6, 6.07) is 8.80. The summed E-state index contributed by atoms with van der Waals surface area (Å²) < 4.78 is 49.7. The molecule has 10 heteroatoms. The van der Waals surface area contributed by atoms with Crippen molar-refractivity contribution in [3.8, 4) is 0 Å². The molecule has 8 nitrogen and oxygen atoms in total. The van der Waals surface area contributed by atoms with Gasteiger partial charge in [-0.2, -0.15) is 0 Å². The summed E-state index contributed by atoms with van der Waals surface area (Å²) in [7, 11) is -5.42. The van der Waals surface area contributed by atoms with Crippen molar-refractivity contribution in [1.29, 1.82) is 0 Å². The zero-order chi connectivity index (χ0) is 20.2. The predicted octanol–water partition coefficient (Wildman–Crippen LogP) is 1.28. The van der Waals surface area contributed by atoms with E-state index >= 15 is 0 Å². The fourth-order valence-corrected chi connectivity index (χ4v) is 3.90. The van der Waals surface area contributed by atoms with Crippen LogP contribution in [-0.4, -0.2) is 29.8 Å². The van der Waals surface area contributed by atoms with Gasteiger partial charge in [-0.1, -0.05) is 24.3 Å². The van der Waals surface area contributed by atoms with Crippen LogP contribution in [0.4, 0.5) is 11.4 Å². The van der Waals surface area contributed by atoms with Crippen molar-refractivity contribution in [3.05, 3.63) is 47.5 Å². The molecule has 0 unspecified atom stereocenters. The van der Waals surface area contributed by atoms with Gasteiger partial charge in [0.1, 0.15) is 0 Å². The number of rotatable bonds is 6. The van der Waals surface area contributed by atoms with E-state index in [9.17, 15) is 21.6 Å². The van der Waals surface area contributed by atoms with Gasteiger partial charge in [0.05, 0.1) is 9.79 Å². The summed E-state index contributed by atoms with van der Waals surface area (Å²) in [5.74, 6) is -0.336. The number of hydrogen-bond donors (Lipinski definition) is 4. The van der Waals surface area contributed by atoms with Crippen molar-refractivity contribution < 1.29 is 21.6 Å². The molecule has 0 fully saturated rings. The molecule has 2 aromatic rings. The van der Waals surface area contributed by atoms with E-state index in [4.69, 9.17) is 5.73 Å². The third kappa shape index (κ3) is 5.16. The number of anilines is 2. The molecule has 0 saturated heterocycles. The first kappa shape index (κ1) is 20.6. The average molecular weight is 409 g/mol. The number of amides is 1. The molecule has 0 aliphatic carbocycles. The number of benzene rings is 2. The molecule has 1 amide bonds. The monoisotopic (exact) mass is 409 g/mol. The topological polar surface area (TPSA) is 135 Å². The second-order valence-corrected chi connectivity index (χ2v) is 8.40. The first-order valence-electron chi connectivity index (χ1n) is 7.71. The molecular weight excluding hydrogens is 390 g/mol. The zero-order valence-electron chi connectivity index (χ0n) is 14.6. The zero-order valence-corrected chi connectivity index (χ0v) is 16.3. The number of hydrogen-bond acceptors (Lipinski definition) is 6. The van der Waals surface area contributed by atoms with Gasteiger partial charge in [0, 0.05) is 18.3 Å². The number of nitrogen functional groups attached to an aromatic ring is 1. The van der Waals surface area contributed by atoms with E-state index in [1.54, 1.807) is 12.1 Å². The molecule has 0 spiro atoms. The van der Waals surface area contributed by atoms with Crippen molar-refractivity contribution >= 4 is 50.2 Å². The Morgan fingerprint density at radius 2 is 1.70 bits per heavy atom. The van der Waals surface area contributed by atoms with Crippen LogP contribution in [0.25, 0.3) is 12.2 Å². The van der Waals surface area contributed by atoms with Crippen molar-refractivity contribution in [2.24, 2.45) is 0 Å². The minimum atomic E-state index is -3.82. The maximum atomic E-state index is 12.3. The second-order valence-electron chi connectivity index (χ2n) is 5.55. The van der Waals surface area contributed by atoms with Gasteiger partial charge in [0.25, 0.3) is 0 Å². The first-order valence-corrected chi connectivity index (χ1v) is 10.4. The van der Waals surface area contributed by atoms with E-state index in [1.165, 1.54) is 50.4 Å². The minimum absolute atomic E-state index is 0.0362. The third-order valence-electron chi connectivity index (χ3n) is 3.59. The summed E-state index contributed by atoms with van der Waals surface area (Å²) in [4.78, 5) is 11.2. The largest absolute Gasteiger partial charge is 0.399 e. The Labute approximate surface area is 159 Å². The standard InChI is InChI=1S/C17H19N3O5S2/c1-11(21)20-15-8-6-13(17(10-15)27(24,25)19-2)4-3-12-5-7-14(18)9-16(12)26(22)23/h3-10,19,26H,18H2,1-2H3,(H,20,21)/b4-3+. The Kier molecular flexibility index (Phi) is 6.37. The lowest BCUT2D eigenvalue weighted by Crippen LogP contribution is -2.20. The van der Waals surface area contributed by atoms with Crippen LogP contribution in [0, 0.1) is 0 Å². The number of nitrogens with one attached hydrogen (secondary N) is 2. The van der Waals surface area contributed by atoms with Crippen LogP contribution in [0.15, 0.2) is 46.2 Å². The van der Waals surface area contributed by atoms with Gasteiger partial charge in [-0.05, 0) is 42.4 Å². The summed E-state index contributed by atoms with van der Waals surface area (Å²) >= 11 is 0. The molecule has 27 heavy (non-hydrogen) atoms. The van der Waals surface area contributed by atoms with Gasteiger partial charge in [-0.15, -0.1) is 0 Å². The van der Waals surface area contributed by atoms with Gasteiger partial charge >= 0.3 is 0 Å². The van der Waals surface area contributed by atoms with Crippen LogP contribution in [-0.2, 0) is 25.5 Å². The fourth-order valence-electron chi connectivity index (χ4n) is 2.34. The van der Waals surface area contributed by atoms with E-state index in [-0.39, 0.29) is 15.7 Å². The summed E-state index contributed by atoms with van der Waals surface area (Å²) in [6.07, 6.45) is 2.97. The van der Waals surface area contributed by atoms with Crippen LogP contribution in [0.1, 0.15) is 18.1 Å². The van der Waals surface area contributed by atoms with Gasteiger partial charge < -0.3 is 11.1 Å². The minimum Gasteiger partial charge on any atom is -0.399 e. The van der Waals surface area contributed by atoms with Crippen LogP contribution >= 0.6 is 0 Å². The molecule has 4 N–H and O–H groups in total. The third-order valence-corrected chi connectivity index (χ3v) is 5.84. The fraction of sp³-hybridized carbons (Fsp3) is 0.118. The molecule has 0 bridgehead atoms. The first-order chi connectivity index (χ1) is 12.6. The molecule has 0 aromatic heterocycles. The summed E-state index contributed by atoms with van der Waals surface area (Å²) in [5.41, 5.74) is 6.94. The molecule has 0 aliphatic heterocycles. The number of carbonyl (C=O) groups excluding carboxylic acids is 1. The molecule has 144 valence electrons. The second kappa shape index (κ2) is 8.33. The number of thiol groups is 1. The predicted molar refractivity (Wildman–Crippen MR) is 105 cm³/mol. The van der Waals surface area contributed by atoms with E-state index in [2.05, 4.69) is 10.0 Å². The highest BCUT2D eigenvalue weighted by molar-refractivity contribution is 7.89. The Bertz CT molecular complexity index is 1080. The number of nitrogens with two attached hydrogens (primary N) is 1. The molecule has 0 radical (unpaired) electrons. The lowest BCUT2D eigenvalue weighted by molar-refractivity contribution is -0.114. The molecular formula is C17H19N3O5S2. The highest BCUT2D eigenvalue weighted by Gasteiger charge is 2.16. The Morgan fingerprint density at radius 1 is 1.07 bits per heavy atom. The molecule has 0 saturated carbocycles. The Hall–Kier alpha value is -2.69. The lowest BCUT2D eigenvalue weighted by atomic mass is 10.1. The van der Waals surface area contributed by atoms with Gasteiger partial charge in [-0.25, -0.2) is 21.6 Å². The number of sulfonamides is 1. The van der Waals surface area contributed by atoms with E-state index < -0.39 is 20.7 Å².